The second-order valence-electron chi connectivity index (χ2n) is 3.60. The maximum absolute atomic E-state index is 13.3. The molecule has 4 nitrogen and oxygen atoms in total. The Balaban J connectivity index is 2.04. The first-order chi connectivity index (χ1) is 8.28. The number of aromatic nitrogens is 1. The van der Waals surface area contributed by atoms with Crippen LogP contribution in [0.1, 0.15) is 11.3 Å². The van der Waals surface area contributed by atoms with Crippen molar-refractivity contribution in [2.75, 3.05) is 6.54 Å². The van der Waals surface area contributed by atoms with Crippen molar-refractivity contribution in [3.8, 4) is 5.75 Å². The molecule has 0 amide bonds. The van der Waals surface area contributed by atoms with Crippen molar-refractivity contribution in [2.45, 2.75) is 13.0 Å². The van der Waals surface area contributed by atoms with Crippen LogP contribution in [0.2, 0.25) is 0 Å². The quantitative estimate of drug-likeness (QED) is 0.861. The van der Waals surface area contributed by atoms with Crippen molar-refractivity contribution in [3.63, 3.8) is 0 Å². The molecular weight excluding hydrogens is 223 g/mol. The normalized spacial score (nSPS) is 10.5. The van der Waals surface area contributed by atoms with Gasteiger partial charge in [0.1, 0.15) is 18.2 Å². The van der Waals surface area contributed by atoms with Gasteiger partial charge in [-0.25, -0.2) is 4.39 Å². The van der Waals surface area contributed by atoms with Gasteiger partial charge in [-0.15, -0.1) is 0 Å². The van der Waals surface area contributed by atoms with Gasteiger partial charge in [0, 0.05) is 12.1 Å². The molecule has 0 spiro atoms. The fourth-order valence-electron chi connectivity index (χ4n) is 1.49. The minimum atomic E-state index is -0.330. The van der Waals surface area contributed by atoms with Gasteiger partial charge in [0.05, 0.1) is 6.20 Å². The van der Waals surface area contributed by atoms with E-state index in [4.69, 9.17) is 15.0 Å². The summed E-state index contributed by atoms with van der Waals surface area (Å²) in [5, 5.41) is 3.55. The standard InChI is InChI=1S/C12H13FN2O2/c13-10-5-9(1-3-14)6-12(7-10)16-8-11-2-4-15-17-11/h2,4-7H,1,3,8,14H2. The molecule has 0 radical (unpaired) electrons. The maximum Gasteiger partial charge on any atom is 0.174 e. The lowest BCUT2D eigenvalue weighted by Crippen LogP contribution is -2.03. The van der Waals surface area contributed by atoms with Crippen LogP contribution in [0.15, 0.2) is 35.0 Å². The summed E-state index contributed by atoms with van der Waals surface area (Å²) in [6.45, 7) is 0.705. The average molecular weight is 236 g/mol. The lowest BCUT2D eigenvalue weighted by atomic mass is 10.1. The molecule has 90 valence electrons. The molecule has 0 aliphatic heterocycles. The average Bonchev–Trinajstić information content (AvgIpc) is 2.79. The van der Waals surface area contributed by atoms with Gasteiger partial charge in [0.15, 0.2) is 5.76 Å². The second-order valence-corrected chi connectivity index (χ2v) is 3.60. The van der Waals surface area contributed by atoms with E-state index in [0.717, 1.165) is 5.56 Å². The zero-order valence-electron chi connectivity index (χ0n) is 9.23. The van der Waals surface area contributed by atoms with Crippen molar-refractivity contribution >= 4 is 0 Å². The number of hydrogen-bond donors (Lipinski definition) is 1. The first kappa shape index (κ1) is 11.6. The summed E-state index contributed by atoms with van der Waals surface area (Å²) in [6, 6.07) is 6.25. The molecule has 1 aromatic carbocycles. The van der Waals surface area contributed by atoms with E-state index in [1.807, 2.05) is 0 Å². The van der Waals surface area contributed by atoms with Gasteiger partial charge in [-0.1, -0.05) is 5.16 Å². The third-order valence-electron chi connectivity index (χ3n) is 2.24. The predicted octanol–water partition coefficient (Wildman–Crippen LogP) is 1.89. The molecule has 0 unspecified atom stereocenters. The zero-order valence-corrected chi connectivity index (χ0v) is 9.23. The third-order valence-corrected chi connectivity index (χ3v) is 2.24. The molecule has 1 aromatic heterocycles. The number of rotatable bonds is 5. The highest BCUT2D eigenvalue weighted by Crippen LogP contribution is 2.18. The number of hydrogen-bond acceptors (Lipinski definition) is 4. The van der Waals surface area contributed by atoms with Crippen molar-refractivity contribution in [3.05, 3.63) is 47.6 Å². The monoisotopic (exact) mass is 236 g/mol. The Morgan fingerprint density at radius 2 is 2.24 bits per heavy atom. The minimum absolute atomic E-state index is 0.228. The summed E-state index contributed by atoms with van der Waals surface area (Å²) in [7, 11) is 0. The van der Waals surface area contributed by atoms with Crippen LogP contribution >= 0.6 is 0 Å². The first-order valence-corrected chi connectivity index (χ1v) is 5.30. The van der Waals surface area contributed by atoms with Crippen molar-refractivity contribution in [1.29, 1.82) is 0 Å². The van der Waals surface area contributed by atoms with E-state index in [9.17, 15) is 4.39 Å². The van der Waals surface area contributed by atoms with Crippen LogP contribution in [-0.2, 0) is 13.0 Å². The van der Waals surface area contributed by atoms with Crippen LogP contribution in [0.3, 0.4) is 0 Å². The Labute approximate surface area is 98.2 Å². The molecule has 0 atom stereocenters. The second kappa shape index (κ2) is 5.45. The van der Waals surface area contributed by atoms with Crippen LogP contribution in [0, 0.1) is 5.82 Å². The molecule has 17 heavy (non-hydrogen) atoms. The summed E-state index contributed by atoms with van der Waals surface area (Å²) in [6.07, 6.45) is 2.15. The van der Waals surface area contributed by atoms with E-state index in [-0.39, 0.29) is 12.4 Å². The maximum atomic E-state index is 13.3. The van der Waals surface area contributed by atoms with Crippen LogP contribution < -0.4 is 10.5 Å². The number of nitrogens with two attached hydrogens (primary N) is 1. The highest BCUT2D eigenvalue weighted by molar-refractivity contribution is 5.30. The highest BCUT2D eigenvalue weighted by atomic mass is 19.1. The van der Waals surface area contributed by atoms with Gasteiger partial charge in [0.25, 0.3) is 0 Å². The van der Waals surface area contributed by atoms with Gasteiger partial charge in [0.2, 0.25) is 0 Å². The first-order valence-electron chi connectivity index (χ1n) is 5.30. The number of benzene rings is 1. The van der Waals surface area contributed by atoms with Crippen LogP contribution in [-0.4, -0.2) is 11.7 Å². The van der Waals surface area contributed by atoms with Crippen LogP contribution in [0.25, 0.3) is 0 Å². The molecule has 0 fully saturated rings. The number of nitrogens with zero attached hydrogens (tertiary/aromatic N) is 1. The van der Waals surface area contributed by atoms with E-state index >= 15 is 0 Å². The topological polar surface area (TPSA) is 61.3 Å². The van der Waals surface area contributed by atoms with Gasteiger partial charge < -0.3 is 15.0 Å². The fourth-order valence-corrected chi connectivity index (χ4v) is 1.49. The summed E-state index contributed by atoms with van der Waals surface area (Å²) in [4.78, 5) is 0. The molecule has 0 bridgehead atoms. The molecule has 2 N–H and O–H groups in total. The lowest BCUT2D eigenvalue weighted by Gasteiger charge is -2.06. The SMILES string of the molecule is NCCc1cc(F)cc(OCc2ccno2)c1. The fraction of sp³-hybridized carbons (Fsp3) is 0.250. The molecule has 0 aliphatic rings. The van der Waals surface area contributed by atoms with Gasteiger partial charge in [-0.2, -0.15) is 0 Å². The zero-order chi connectivity index (χ0) is 12.1. The Bertz CT molecular complexity index is 471. The molecular formula is C12H13FN2O2. The van der Waals surface area contributed by atoms with Gasteiger partial charge in [-0.05, 0) is 30.7 Å². The molecule has 5 heteroatoms. The Kier molecular flexibility index (Phi) is 3.72. The van der Waals surface area contributed by atoms with E-state index in [1.54, 1.807) is 12.1 Å². The molecule has 0 saturated heterocycles. The molecule has 1 heterocycles. The van der Waals surface area contributed by atoms with Crippen LogP contribution in [0.4, 0.5) is 4.39 Å². The lowest BCUT2D eigenvalue weighted by molar-refractivity contribution is 0.248. The van der Waals surface area contributed by atoms with Gasteiger partial charge in [-0.3, -0.25) is 0 Å². The van der Waals surface area contributed by atoms with Crippen molar-refractivity contribution in [2.24, 2.45) is 5.73 Å². The van der Waals surface area contributed by atoms with Gasteiger partial charge >= 0.3 is 0 Å². The molecule has 2 rings (SSSR count). The summed E-state index contributed by atoms with van der Waals surface area (Å²) in [5.74, 6) is 0.725. The highest BCUT2D eigenvalue weighted by Gasteiger charge is 2.03. The third kappa shape index (κ3) is 3.29. The summed E-state index contributed by atoms with van der Waals surface area (Å²) < 4.78 is 23.5. The van der Waals surface area contributed by atoms with E-state index in [0.29, 0.717) is 24.5 Å². The van der Waals surface area contributed by atoms with Crippen molar-refractivity contribution in [1.82, 2.24) is 5.16 Å². The van der Waals surface area contributed by atoms with E-state index < -0.39 is 0 Å². The van der Waals surface area contributed by atoms with Crippen LogP contribution in [0.5, 0.6) is 5.75 Å². The van der Waals surface area contributed by atoms with E-state index in [1.165, 1.54) is 18.3 Å². The van der Waals surface area contributed by atoms with Crippen molar-refractivity contribution < 1.29 is 13.7 Å². The minimum Gasteiger partial charge on any atom is -0.485 e. The largest absolute Gasteiger partial charge is 0.485 e. The molecule has 2 aromatic rings. The predicted molar refractivity (Wildman–Crippen MR) is 60.0 cm³/mol. The Morgan fingerprint density at radius 3 is 2.94 bits per heavy atom. The number of halogens is 1. The number of ether oxygens (including phenoxy) is 1. The Morgan fingerprint density at radius 1 is 1.35 bits per heavy atom. The Hall–Kier alpha value is -1.88. The molecule has 0 aliphatic carbocycles. The van der Waals surface area contributed by atoms with E-state index in [2.05, 4.69) is 5.16 Å². The summed E-state index contributed by atoms with van der Waals surface area (Å²) in [5.41, 5.74) is 6.24. The summed E-state index contributed by atoms with van der Waals surface area (Å²) >= 11 is 0. The molecule has 0 saturated carbocycles. The smallest absolute Gasteiger partial charge is 0.174 e.